The fourth-order valence-corrected chi connectivity index (χ4v) is 8.51. The number of piperidine rings is 2. The molecule has 3 aromatic rings. The molecule has 12 nitrogen and oxygen atoms in total. The number of methoxy groups -OCH3 is 1. The first kappa shape index (κ1) is 44.9. The summed E-state index contributed by atoms with van der Waals surface area (Å²) in [5, 5.41) is 7.95. The van der Waals surface area contributed by atoms with Gasteiger partial charge in [0, 0.05) is 71.3 Å². The van der Waals surface area contributed by atoms with Crippen LogP contribution in [0.1, 0.15) is 107 Å². The Morgan fingerprint density at radius 3 is 2.12 bits per heavy atom. The van der Waals surface area contributed by atoms with Gasteiger partial charge in [0.2, 0.25) is 11.8 Å². The lowest BCUT2D eigenvalue weighted by atomic mass is 9.81. The van der Waals surface area contributed by atoms with E-state index in [0.717, 1.165) is 70.1 Å². The quantitative estimate of drug-likeness (QED) is 0.299. The number of carbonyl (C=O) groups excluding carboxylic acids is 3. The highest BCUT2D eigenvalue weighted by Crippen LogP contribution is 2.32. The fourth-order valence-electron chi connectivity index (χ4n) is 8.51. The number of fused-ring (bicyclic) bond motifs is 1. The predicted octanol–water partition coefficient (Wildman–Crippen LogP) is 5.62. The number of halogens is 1. The minimum absolute atomic E-state index is 0.00276. The van der Waals surface area contributed by atoms with Crippen LogP contribution in [-0.2, 0) is 20.7 Å². The van der Waals surface area contributed by atoms with Gasteiger partial charge in [-0.25, -0.2) is 9.49 Å². The van der Waals surface area contributed by atoms with Crippen LogP contribution in [0.5, 0.6) is 0 Å². The number of aromatic nitrogens is 2. The van der Waals surface area contributed by atoms with E-state index in [2.05, 4.69) is 28.9 Å². The van der Waals surface area contributed by atoms with Crippen molar-refractivity contribution in [2.75, 3.05) is 66.0 Å². The lowest BCUT2D eigenvalue weighted by Crippen LogP contribution is -2.53. The molecule has 1 saturated carbocycles. The number of ether oxygens (including phenoxy) is 1. The average molecular weight is 804 g/mol. The third-order valence-electron chi connectivity index (χ3n) is 12.4. The van der Waals surface area contributed by atoms with Crippen LogP contribution in [-0.4, -0.2) is 126 Å². The molecule has 318 valence electrons. The van der Waals surface area contributed by atoms with Crippen molar-refractivity contribution >= 4 is 28.5 Å². The summed E-state index contributed by atoms with van der Waals surface area (Å²) < 4.78 is 20.1. The Morgan fingerprint density at radius 1 is 0.862 bits per heavy atom. The molecule has 0 radical (unpaired) electrons. The zero-order valence-electron chi connectivity index (χ0n) is 35.4. The third kappa shape index (κ3) is 11.7. The highest BCUT2D eigenvalue weighted by atomic mass is 19.1. The van der Waals surface area contributed by atoms with Gasteiger partial charge in [-0.1, -0.05) is 71.2 Å². The number of likely N-dealkylation sites (tertiary alicyclic amines) is 2. The van der Waals surface area contributed by atoms with Crippen LogP contribution in [0.25, 0.3) is 10.8 Å². The summed E-state index contributed by atoms with van der Waals surface area (Å²) in [5.74, 6) is -0.284. The third-order valence-corrected chi connectivity index (χ3v) is 12.4. The number of benzene rings is 2. The van der Waals surface area contributed by atoms with Crippen molar-refractivity contribution in [3.63, 3.8) is 0 Å². The smallest absolute Gasteiger partial charge is 0.272 e. The minimum atomic E-state index is -0.587. The molecule has 1 aromatic heterocycles. The van der Waals surface area contributed by atoms with Gasteiger partial charge in [-0.15, -0.1) is 0 Å². The number of nitrogens with two attached hydrogens (primary N) is 1. The van der Waals surface area contributed by atoms with Crippen LogP contribution in [0, 0.1) is 17.2 Å². The van der Waals surface area contributed by atoms with Crippen molar-refractivity contribution in [2.24, 2.45) is 17.1 Å². The van der Waals surface area contributed by atoms with E-state index in [4.69, 9.17) is 10.5 Å². The van der Waals surface area contributed by atoms with Crippen LogP contribution in [0.4, 0.5) is 4.39 Å². The largest absolute Gasteiger partial charge is 0.381 e. The minimum Gasteiger partial charge on any atom is -0.381 e. The van der Waals surface area contributed by atoms with Crippen molar-refractivity contribution < 1.29 is 23.5 Å². The second-order valence-corrected chi connectivity index (χ2v) is 16.8. The van der Waals surface area contributed by atoms with E-state index < -0.39 is 11.7 Å². The van der Waals surface area contributed by atoms with Gasteiger partial charge in [-0.2, -0.15) is 5.10 Å². The maximum Gasteiger partial charge on any atom is 0.272 e. The molecule has 4 heterocycles. The number of carbonyl (C=O) groups is 3. The molecule has 4 aliphatic rings. The van der Waals surface area contributed by atoms with Crippen molar-refractivity contribution in [3.8, 4) is 0 Å². The highest BCUT2D eigenvalue weighted by molar-refractivity contribution is 5.95. The monoisotopic (exact) mass is 804 g/mol. The van der Waals surface area contributed by atoms with Gasteiger partial charge in [-0.05, 0) is 73.6 Å². The maximum atomic E-state index is 14.7. The molecule has 1 aliphatic carbocycles. The molecule has 3 saturated heterocycles. The molecule has 3 amide bonds. The molecule has 1 atom stereocenters. The molecule has 3 aliphatic heterocycles. The van der Waals surface area contributed by atoms with E-state index in [1.807, 2.05) is 30.9 Å². The Labute approximate surface area is 343 Å². The lowest BCUT2D eigenvalue weighted by molar-refractivity contribution is -0.136. The van der Waals surface area contributed by atoms with Crippen LogP contribution >= 0.6 is 0 Å². The number of aromatic amines is 1. The molecule has 0 bridgehead atoms. The van der Waals surface area contributed by atoms with Crippen LogP contribution in [0.3, 0.4) is 0 Å². The summed E-state index contributed by atoms with van der Waals surface area (Å²) in [6.45, 7) is 14.0. The molecular formula is C45H66FN7O5. The molecular weight excluding hydrogens is 738 g/mol. The second-order valence-electron chi connectivity index (χ2n) is 16.8. The maximum absolute atomic E-state index is 14.7. The molecule has 1 unspecified atom stereocenters. The first-order chi connectivity index (χ1) is 27.9. The lowest BCUT2D eigenvalue weighted by Gasteiger charge is -2.39. The number of H-pyrrole nitrogens is 1. The number of amides is 3. The number of piperazine rings is 1. The number of hydrogen-bond acceptors (Lipinski definition) is 8. The summed E-state index contributed by atoms with van der Waals surface area (Å²) in [4.78, 5) is 58.1. The van der Waals surface area contributed by atoms with Gasteiger partial charge in [0.15, 0.2) is 0 Å². The van der Waals surface area contributed by atoms with Crippen LogP contribution in [0.15, 0.2) is 47.3 Å². The summed E-state index contributed by atoms with van der Waals surface area (Å²) in [6, 6.07) is 11.4. The Balaban J connectivity index is 0.000000268. The van der Waals surface area contributed by atoms with E-state index in [1.54, 1.807) is 41.2 Å². The van der Waals surface area contributed by atoms with Gasteiger partial charge in [0.05, 0.1) is 35.3 Å². The first-order valence-corrected chi connectivity index (χ1v) is 21.5. The molecule has 3 N–H and O–H groups in total. The van der Waals surface area contributed by atoms with E-state index >= 15 is 0 Å². The first-order valence-electron chi connectivity index (χ1n) is 21.5. The summed E-state index contributed by atoms with van der Waals surface area (Å²) in [5.41, 5.74) is 7.68. The topological polar surface area (TPSA) is 145 Å². The van der Waals surface area contributed by atoms with Gasteiger partial charge in [0.1, 0.15) is 5.82 Å². The summed E-state index contributed by atoms with van der Waals surface area (Å²) in [7, 11) is 1.72. The standard InChI is InChI=1S/C28H32FN5O4.C15H28N2O.C2H6/c1-38-20-8-10-32(11-9-20)18-26(35)33-12-14-34(15-13-33)28(37)23-16-19(6-7-24(23)29)17-25-21-4-2-3-5-22(21)27(36)31-30-25;1-15(2)8-10-17(11-9-15)14(18)13(16)12-6-4-3-5-7-12;1-2/h2-7,16,20H,8-15,17-18H2,1H3,(H,31,36);12-13H,3-11,16H2,1-2H3;1-2H3. The van der Waals surface area contributed by atoms with Crippen LogP contribution in [0.2, 0.25) is 0 Å². The van der Waals surface area contributed by atoms with Crippen LogP contribution < -0.4 is 11.3 Å². The van der Waals surface area contributed by atoms with Crippen molar-refractivity contribution in [1.82, 2.24) is 29.8 Å². The molecule has 7 rings (SSSR count). The summed E-state index contributed by atoms with van der Waals surface area (Å²) >= 11 is 0. The number of rotatable bonds is 8. The van der Waals surface area contributed by atoms with E-state index in [0.29, 0.717) is 67.1 Å². The molecule has 4 fully saturated rings. The Bertz CT molecular complexity index is 1870. The highest BCUT2D eigenvalue weighted by Gasteiger charge is 2.34. The molecule has 0 spiro atoms. The van der Waals surface area contributed by atoms with Gasteiger partial charge < -0.3 is 25.2 Å². The second kappa shape index (κ2) is 21.2. The number of hydrogen-bond donors (Lipinski definition) is 2. The molecule has 58 heavy (non-hydrogen) atoms. The normalized spacial score (nSPS) is 19.7. The zero-order valence-corrected chi connectivity index (χ0v) is 35.4. The fraction of sp³-hybridized carbons (Fsp3) is 0.622. The van der Waals surface area contributed by atoms with E-state index in [1.165, 1.54) is 25.3 Å². The predicted molar refractivity (Wildman–Crippen MR) is 226 cm³/mol. The Morgan fingerprint density at radius 2 is 1.48 bits per heavy atom. The zero-order chi connectivity index (χ0) is 41.8. The molecule has 2 aromatic carbocycles. The number of nitrogens with one attached hydrogen (secondary N) is 1. The molecule has 13 heteroatoms. The van der Waals surface area contributed by atoms with Gasteiger partial charge >= 0.3 is 0 Å². The Hall–Kier alpha value is -4.20. The SMILES string of the molecule is CC.CC1(C)CCN(C(=O)C(N)C2CCCCC2)CC1.COC1CCN(CC(=O)N2CCN(C(=O)c3cc(Cc4n[nH]c(=O)c5ccccc45)ccc3F)CC2)CC1. The van der Waals surface area contributed by atoms with E-state index in [-0.39, 0.29) is 35.1 Å². The number of nitrogens with zero attached hydrogens (tertiary/aromatic N) is 5. The van der Waals surface area contributed by atoms with Gasteiger partial charge in [0.25, 0.3) is 11.5 Å². The van der Waals surface area contributed by atoms with E-state index in [9.17, 15) is 23.6 Å². The summed E-state index contributed by atoms with van der Waals surface area (Å²) in [6.07, 6.45) is 10.8. The van der Waals surface area contributed by atoms with Crippen molar-refractivity contribution in [3.05, 3.63) is 75.5 Å². The van der Waals surface area contributed by atoms with Gasteiger partial charge in [-0.3, -0.25) is 24.1 Å². The van der Waals surface area contributed by atoms with Crippen molar-refractivity contribution in [1.29, 1.82) is 0 Å². The van der Waals surface area contributed by atoms with Crippen molar-refractivity contribution in [2.45, 2.75) is 104 Å². The Kier molecular flexibility index (Phi) is 16.4. The average Bonchev–Trinajstić information content (AvgIpc) is 3.26.